The summed E-state index contributed by atoms with van der Waals surface area (Å²) >= 11 is 2.04. The molecular weight excluding hydrogens is 232 g/mol. The highest BCUT2D eigenvalue weighted by Gasteiger charge is 2.12. The van der Waals surface area contributed by atoms with Crippen molar-refractivity contribution in [3.63, 3.8) is 0 Å². The van der Waals surface area contributed by atoms with Crippen LogP contribution in [-0.2, 0) is 6.54 Å². The maximum Gasteiger partial charge on any atom is 0.151 e. The van der Waals surface area contributed by atoms with Crippen molar-refractivity contribution >= 4 is 18.0 Å². The van der Waals surface area contributed by atoms with Gasteiger partial charge in [0.05, 0.1) is 0 Å². The minimum absolute atomic E-state index is 0.830. The van der Waals surface area contributed by atoms with Gasteiger partial charge in [0.2, 0.25) is 0 Å². The molecule has 0 unspecified atom stereocenters. The molecule has 0 spiro atoms. The van der Waals surface area contributed by atoms with Gasteiger partial charge in [-0.2, -0.15) is 11.8 Å². The van der Waals surface area contributed by atoms with Crippen LogP contribution in [0.4, 0.5) is 0 Å². The zero-order valence-electron chi connectivity index (χ0n) is 10.6. The van der Waals surface area contributed by atoms with Gasteiger partial charge in [-0.15, -0.1) is 0 Å². The minimum atomic E-state index is 0.830. The predicted octanol–water partition coefficient (Wildman–Crippen LogP) is 1.97. The van der Waals surface area contributed by atoms with E-state index in [1.807, 2.05) is 24.8 Å². The van der Waals surface area contributed by atoms with E-state index in [-0.39, 0.29) is 0 Å². The molecule has 1 saturated heterocycles. The molecule has 0 aliphatic carbocycles. The van der Waals surface area contributed by atoms with Gasteiger partial charge >= 0.3 is 0 Å². The summed E-state index contributed by atoms with van der Waals surface area (Å²) in [6.45, 7) is 8.59. The molecule has 1 aliphatic heterocycles. The zero-order valence-corrected chi connectivity index (χ0v) is 11.4. The van der Waals surface area contributed by atoms with Crippen LogP contribution in [0, 0.1) is 13.8 Å². The fraction of sp³-hybridized carbons (Fsp3) is 0.615. The third kappa shape index (κ3) is 2.93. The third-order valence-corrected chi connectivity index (χ3v) is 4.43. The Labute approximate surface area is 107 Å². The average molecular weight is 252 g/mol. The summed E-state index contributed by atoms with van der Waals surface area (Å²) in [5.74, 6) is 2.51. The first-order valence-corrected chi connectivity index (χ1v) is 7.30. The number of carbonyl (C=O) groups excluding carboxylic acids is 1. The number of aldehydes is 1. The van der Waals surface area contributed by atoms with Crippen molar-refractivity contribution < 1.29 is 4.79 Å². The molecule has 4 heteroatoms. The van der Waals surface area contributed by atoms with Crippen LogP contribution >= 0.6 is 11.8 Å². The number of nitrogens with zero attached hydrogens (tertiary/aromatic N) is 2. The number of aromatic nitrogens is 1. The minimum Gasteiger partial charge on any atom is -0.347 e. The second kappa shape index (κ2) is 5.74. The number of thioether (sulfide) groups is 1. The molecule has 0 atom stereocenters. The van der Waals surface area contributed by atoms with Crippen LogP contribution in [0.2, 0.25) is 0 Å². The molecular formula is C13H20N2OS. The van der Waals surface area contributed by atoms with Gasteiger partial charge in [0.25, 0.3) is 0 Å². The molecule has 0 radical (unpaired) electrons. The molecule has 17 heavy (non-hydrogen) atoms. The second-order valence-corrected chi connectivity index (χ2v) is 5.77. The third-order valence-electron chi connectivity index (χ3n) is 3.48. The molecule has 0 aromatic carbocycles. The zero-order chi connectivity index (χ0) is 12.3. The van der Waals surface area contributed by atoms with E-state index in [1.54, 1.807) is 0 Å². The van der Waals surface area contributed by atoms with Gasteiger partial charge < -0.3 is 4.57 Å². The summed E-state index contributed by atoms with van der Waals surface area (Å²) in [7, 11) is 0. The highest BCUT2D eigenvalue weighted by atomic mass is 32.2. The Hall–Kier alpha value is -0.740. The smallest absolute Gasteiger partial charge is 0.151 e. The van der Waals surface area contributed by atoms with Crippen molar-refractivity contribution in [3.8, 4) is 0 Å². The standard InChI is InChI=1S/C13H20N2OS/c1-11-9-13(10-16)12(2)15(11)4-3-14-5-7-17-8-6-14/h9-10H,3-8H2,1-2H3. The van der Waals surface area contributed by atoms with E-state index in [0.29, 0.717) is 0 Å². The predicted molar refractivity (Wildman–Crippen MR) is 73.1 cm³/mol. The van der Waals surface area contributed by atoms with E-state index in [4.69, 9.17) is 0 Å². The Bertz CT molecular complexity index is 394. The van der Waals surface area contributed by atoms with Crippen molar-refractivity contribution in [3.05, 3.63) is 23.0 Å². The monoisotopic (exact) mass is 252 g/mol. The number of carbonyl (C=O) groups is 1. The lowest BCUT2D eigenvalue weighted by Gasteiger charge is -2.26. The summed E-state index contributed by atoms with van der Waals surface area (Å²) in [6, 6.07) is 1.98. The van der Waals surface area contributed by atoms with Gasteiger partial charge in [0.15, 0.2) is 6.29 Å². The van der Waals surface area contributed by atoms with Gasteiger partial charge in [-0.1, -0.05) is 0 Å². The molecule has 0 amide bonds. The van der Waals surface area contributed by atoms with E-state index in [9.17, 15) is 4.79 Å². The Morgan fingerprint density at radius 3 is 2.59 bits per heavy atom. The first-order chi connectivity index (χ1) is 8.22. The normalized spacial score (nSPS) is 17.3. The Morgan fingerprint density at radius 1 is 1.29 bits per heavy atom. The van der Waals surface area contributed by atoms with Crippen LogP contribution < -0.4 is 0 Å². The van der Waals surface area contributed by atoms with Crippen molar-refractivity contribution in [2.45, 2.75) is 20.4 Å². The van der Waals surface area contributed by atoms with E-state index < -0.39 is 0 Å². The van der Waals surface area contributed by atoms with E-state index in [0.717, 1.165) is 30.6 Å². The number of hydrogen-bond acceptors (Lipinski definition) is 3. The molecule has 3 nitrogen and oxygen atoms in total. The van der Waals surface area contributed by atoms with Crippen LogP contribution in [-0.4, -0.2) is 46.9 Å². The van der Waals surface area contributed by atoms with Gasteiger partial charge in [-0.3, -0.25) is 9.69 Å². The lowest BCUT2D eigenvalue weighted by molar-refractivity contribution is 0.112. The maximum absolute atomic E-state index is 10.9. The summed E-state index contributed by atoms with van der Waals surface area (Å²) in [4.78, 5) is 13.4. The topological polar surface area (TPSA) is 25.2 Å². The van der Waals surface area contributed by atoms with Crippen molar-refractivity contribution in [1.82, 2.24) is 9.47 Å². The molecule has 0 saturated carbocycles. The number of aryl methyl sites for hydroxylation is 1. The second-order valence-electron chi connectivity index (χ2n) is 4.55. The maximum atomic E-state index is 10.9. The van der Waals surface area contributed by atoms with Crippen molar-refractivity contribution in [1.29, 1.82) is 0 Å². The summed E-state index contributed by atoms with van der Waals surface area (Å²) < 4.78 is 2.26. The van der Waals surface area contributed by atoms with Crippen molar-refractivity contribution in [2.24, 2.45) is 0 Å². The van der Waals surface area contributed by atoms with Crippen LogP contribution in [0.3, 0.4) is 0 Å². The molecule has 1 aliphatic rings. The molecule has 1 fully saturated rings. The summed E-state index contributed by atoms with van der Waals surface area (Å²) in [5, 5.41) is 0. The Kier molecular flexibility index (Phi) is 4.29. The largest absolute Gasteiger partial charge is 0.347 e. The number of hydrogen-bond donors (Lipinski definition) is 0. The molecule has 2 heterocycles. The van der Waals surface area contributed by atoms with Gasteiger partial charge in [-0.05, 0) is 19.9 Å². The van der Waals surface area contributed by atoms with E-state index >= 15 is 0 Å². The van der Waals surface area contributed by atoms with E-state index in [2.05, 4.69) is 16.4 Å². The highest BCUT2D eigenvalue weighted by molar-refractivity contribution is 7.99. The van der Waals surface area contributed by atoms with Gasteiger partial charge in [-0.25, -0.2) is 0 Å². The first-order valence-electron chi connectivity index (χ1n) is 6.14. The summed E-state index contributed by atoms with van der Waals surface area (Å²) in [5.41, 5.74) is 3.12. The summed E-state index contributed by atoms with van der Waals surface area (Å²) in [6.07, 6.45) is 0.955. The lowest BCUT2D eigenvalue weighted by atomic mass is 10.3. The fourth-order valence-electron chi connectivity index (χ4n) is 2.36. The SMILES string of the molecule is Cc1cc(C=O)c(C)n1CCN1CCSCC1. The van der Waals surface area contributed by atoms with Crippen LogP contribution in [0.5, 0.6) is 0 Å². The highest BCUT2D eigenvalue weighted by Crippen LogP contribution is 2.14. The molecule has 0 bridgehead atoms. The molecule has 2 rings (SSSR count). The van der Waals surface area contributed by atoms with Gasteiger partial charge in [0, 0.05) is 54.6 Å². The van der Waals surface area contributed by atoms with Crippen LogP contribution in [0.25, 0.3) is 0 Å². The van der Waals surface area contributed by atoms with Crippen molar-refractivity contribution in [2.75, 3.05) is 31.1 Å². The van der Waals surface area contributed by atoms with E-state index in [1.165, 1.54) is 30.3 Å². The van der Waals surface area contributed by atoms with Crippen LogP contribution in [0.15, 0.2) is 6.07 Å². The van der Waals surface area contributed by atoms with Gasteiger partial charge in [0.1, 0.15) is 0 Å². The average Bonchev–Trinajstić information content (AvgIpc) is 2.63. The first kappa shape index (κ1) is 12.7. The Balaban J connectivity index is 1.98. The molecule has 1 aromatic rings. The number of rotatable bonds is 4. The fourth-order valence-corrected chi connectivity index (χ4v) is 3.34. The molecule has 94 valence electrons. The Morgan fingerprint density at radius 2 is 2.00 bits per heavy atom. The molecule has 1 aromatic heterocycles. The molecule has 0 N–H and O–H groups in total. The van der Waals surface area contributed by atoms with Crippen LogP contribution in [0.1, 0.15) is 21.7 Å². The lowest BCUT2D eigenvalue weighted by Crippen LogP contribution is -2.35. The quantitative estimate of drug-likeness (QED) is 0.766.